The fourth-order valence-corrected chi connectivity index (χ4v) is 6.16. The zero-order valence-corrected chi connectivity index (χ0v) is 14.7. The number of alkyl halides is 1. The lowest BCUT2D eigenvalue weighted by molar-refractivity contribution is 1.26. The molecule has 2 rings (SSSR count). The maximum atomic E-state index is 3.77. The van der Waals surface area contributed by atoms with Gasteiger partial charge in [-0.15, -0.1) is 22.7 Å². The van der Waals surface area contributed by atoms with Crippen LogP contribution in [0.2, 0.25) is 0 Å². The minimum Gasteiger partial charge on any atom is -0.146 e. The minimum atomic E-state index is 0.333. The van der Waals surface area contributed by atoms with E-state index in [-0.39, 0.29) is 0 Å². The normalized spacial score (nSPS) is 13.1. The second-order valence-corrected chi connectivity index (χ2v) is 8.53. The van der Waals surface area contributed by atoms with Gasteiger partial charge in [0.15, 0.2) is 0 Å². The first kappa shape index (κ1) is 12.5. The van der Waals surface area contributed by atoms with Crippen LogP contribution in [0.25, 0.3) is 0 Å². The van der Waals surface area contributed by atoms with Gasteiger partial charge in [-0.25, -0.2) is 0 Å². The molecule has 15 heavy (non-hydrogen) atoms. The van der Waals surface area contributed by atoms with Crippen molar-refractivity contribution in [1.29, 1.82) is 0 Å². The smallest absolute Gasteiger partial charge is 0.0842 e. The Kier molecular flexibility index (Phi) is 4.32. The topological polar surface area (TPSA) is 0 Å². The van der Waals surface area contributed by atoms with Crippen molar-refractivity contribution >= 4 is 77.1 Å². The van der Waals surface area contributed by atoms with Crippen molar-refractivity contribution in [2.24, 2.45) is 0 Å². The van der Waals surface area contributed by atoms with Crippen molar-refractivity contribution in [2.45, 2.75) is 11.8 Å². The molecule has 80 valence electrons. The number of rotatable bonds is 2. The fourth-order valence-electron chi connectivity index (χ4n) is 1.22. The number of thiophene rings is 2. The van der Waals surface area contributed by atoms with E-state index in [1.165, 1.54) is 22.7 Å². The standard InChI is InChI=1S/C10H7Br2IS2/c1-5-4-7(15-10(5)12)8(11)9-6(13)2-3-14-9/h2-4,8H,1H3. The van der Waals surface area contributed by atoms with E-state index in [0.717, 1.165) is 0 Å². The average Bonchev–Trinajstić information content (AvgIpc) is 2.74. The van der Waals surface area contributed by atoms with Gasteiger partial charge in [-0.05, 0) is 68.5 Å². The molecule has 0 radical (unpaired) electrons. The molecule has 2 aromatic rings. The Morgan fingerprint density at radius 1 is 1.47 bits per heavy atom. The third-order valence-electron chi connectivity index (χ3n) is 2.00. The Labute approximate surface area is 127 Å². The summed E-state index contributed by atoms with van der Waals surface area (Å²) in [5.74, 6) is 0. The Hall–Kier alpha value is 1.09. The third kappa shape index (κ3) is 2.68. The maximum Gasteiger partial charge on any atom is 0.0842 e. The summed E-state index contributed by atoms with van der Waals surface area (Å²) in [6.07, 6.45) is 0. The Balaban J connectivity index is 2.36. The van der Waals surface area contributed by atoms with Gasteiger partial charge in [0.25, 0.3) is 0 Å². The predicted octanol–water partition coefficient (Wildman–Crippen LogP) is 5.97. The summed E-state index contributed by atoms with van der Waals surface area (Å²) in [7, 11) is 0. The molecular formula is C10H7Br2IS2. The number of aryl methyl sites for hydroxylation is 1. The molecule has 0 aliphatic heterocycles. The molecule has 0 bridgehead atoms. The highest BCUT2D eigenvalue weighted by Gasteiger charge is 2.17. The molecule has 0 aliphatic carbocycles. The van der Waals surface area contributed by atoms with Crippen LogP contribution >= 0.6 is 77.1 Å². The van der Waals surface area contributed by atoms with Crippen LogP contribution < -0.4 is 0 Å². The quantitative estimate of drug-likeness (QED) is 0.369. The molecule has 0 aliphatic rings. The Bertz CT molecular complexity index is 456. The van der Waals surface area contributed by atoms with Crippen molar-refractivity contribution in [3.8, 4) is 0 Å². The molecule has 1 unspecified atom stereocenters. The Morgan fingerprint density at radius 3 is 2.67 bits per heavy atom. The molecule has 0 nitrogen and oxygen atoms in total. The van der Waals surface area contributed by atoms with Crippen LogP contribution in [0.3, 0.4) is 0 Å². The first-order valence-electron chi connectivity index (χ1n) is 4.22. The molecule has 5 heteroatoms. The summed E-state index contributed by atoms with van der Waals surface area (Å²) >= 11 is 13.3. The van der Waals surface area contributed by atoms with Gasteiger partial charge < -0.3 is 0 Å². The zero-order chi connectivity index (χ0) is 11.0. The first-order valence-corrected chi connectivity index (χ1v) is 8.70. The van der Waals surface area contributed by atoms with Crippen LogP contribution in [0, 0.1) is 10.5 Å². The van der Waals surface area contributed by atoms with Crippen LogP contribution in [-0.2, 0) is 0 Å². The van der Waals surface area contributed by atoms with E-state index in [2.05, 4.69) is 78.9 Å². The predicted molar refractivity (Wildman–Crippen MR) is 84.6 cm³/mol. The lowest BCUT2D eigenvalue weighted by Gasteiger charge is -2.05. The monoisotopic (exact) mass is 476 g/mol. The third-order valence-corrected chi connectivity index (χ3v) is 8.05. The average molecular weight is 478 g/mol. The largest absolute Gasteiger partial charge is 0.146 e. The number of hydrogen-bond donors (Lipinski definition) is 0. The molecule has 2 aromatic heterocycles. The van der Waals surface area contributed by atoms with Crippen molar-refractivity contribution in [3.63, 3.8) is 0 Å². The lowest BCUT2D eigenvalue weighted by Crippen LogP contribution is -1.87. The summed E-state index contributed by atoms with van der Waals surface area (Å²) in [4.78, 5) is 3.09. The summed E-state index contributed by atoms with van der Waals surface area (Å²) in [6, 6.07) is 4.40. The van der Waals surface area contributed by atoms with E-state index >= 15 is 0 Å². The van der Waals surface area contributed by atoms with Gasteiger partial charge in [0.2, 0.25) is 0 Å². The zero-order valence-electron chi connectivity index (χ0n) is 7.76. The maximum absolute atomic E-state index is 3.77. The van der Waals surface area contributed by atoms with Crippen LogP contribution in [0.1, 0.15) is 20.1 Å². The molecule has 0 N–H and O–H groups in total. The van der Waals surface area contributed by atoms with Crippen LogP contribution in [0.5, 0.6) is 0 Å². The van der Waals surface area contributed by atoms with Gasteiger partial charge in [0, 0.05) is 13.3 Å². The van der Waals surface area contributed by atoms with E-state index in [9.17, 15) is 0 Å². The molecule has 0 aromatic carbocycles. The van der Waals surface area contributed by atoms with E-state index in [1.54, 1.807) is 22.7 Å². The summed E-state index contributed by atoms with van der Waals surface area (Å²) in [5, 5.41) is 2.14. The molecule has 0 spiro atoms. The van der Waals surface area contributed by atoms with E-state index in [0.29, 0.717) is 4.83 Å². The highest BCUT2D eigenvalue weighted by molar-refractivity contribution is 14.1. The molecule has 2 heterocycles. The molecular weight excluding hydrogens is 471 g/mol. The minimum absolute atomic E-state index is 0.333. The van der Waals surface area contributed by atoms with Crippen LogP contribution in [0.15, 0.2) is 21.3 Å². The second-order valence-electron chi connectivity index (χ2n) is 3.10. The number of hydrogen-bond acceptors (Lipinski definition) is 2. The second kappa shape index (κ2) is 5.16. The molecule has 0 amide bonds. The van der Waals surface area contributed by atoms with Gasteiger partial charge in [0.05, 0.1) is 8.61 Å². The van der Waals surface area contributed by atoms with Gasteiger partial charge in [0.1, 0.15) is 0 Å². The van der Waals surface area contributed by atoms with Gasteiger partial charge in [-0.1, -0.05) is 15.9 Å². The first-order chi connectivity index (χ1) is 7.09. The molecule has 0 saturated heterocycles. The van der Waals surface area contributed by atoms with E-state index in [1.807, 2.05) is 0 Å². The van der Waals surface area contributed by atoms with Gasteiger partial charge >= 0.3 is 0 Å². The Morgan fingerprint density at radius 2 is 2.20 bits per heavy atom. The lowest BCUT2D eigenvalue weighted by atomic mass is 10.2. The van der Waals surface area contributed by atoms with Crippen LogP contribution in [0.4, 0.5) is 0 Å². The highest BCUT2D eigenvalue weighted by atomic mass is 127. The molecule has 0 saturated carbocycles. The van der Waals surface area contributed by atoms with Crippen molar-refractivity contribution in [3.05, 3.63) is 40.2 Å². The van der Waals surface area contributed by atoms with E-state index < -0.39 is 0 Å². The highest BCUT2D eigenvalue weighted by Crippen LogP contribution is 2.42. The summed E-state index contributed by atoms with van der Waals surface area (Å²) < 4.78 is 2.56. The van der Waals surface area contributed by atoms with Gasteiger partial charge in [-0.2, -0.15) is 0 Å². The number of halogens is 3. The van der Waals surface area contributed by atoms with Crippen molar-refractivity contribution in [2.75, 3.05) is 0 Å². The SMILES string of the molecule is Cc1cc(C(Br)c2sccc2I)sc1Br. The van der Waals surface area contributed by atoms with Crippen LogP contribution in [-0.4, -0.2) is 0 Å². The molecule has 0 fully saturated rings. The summed E-state index contributed by atoms with van der Waals surface area (Å²) in [5.41, 5.74) is 1.31. The van der Waals surface area contributed by atoms with Crippen molar-refractivity contribution in [1.82, 2.24) is 0 Å². The fraction of sp³-hybridized carbons (Fsp3) is 0.200. The van der Waals surface area contributed by atoms with E-state index in [4.69, 9.17) is 0 Å². The van der Waals surface area contributed by atoms with Crippen molar-refractivity contribution < 1.29 is 0 Å². The molecule has 1 atom stereocenters. The van der Waals surface area contributed by atoms with Gasteiger partial charge in [-0.3, -0.25) is 0 Å². The summed E-state index contributed by atoms with van der Waals surface area (Å²) in [6.45, 7) is 2.13.